The standard InChI is InChI=1S/C23H16N4O5/c1-2-31-23(28)14-7-9-17(20(12-14)27(29)30)21-10-8-16(32-21)11-15(13-24)22-25-18-5-3-4-6-19(18)26-22/h3-12H,2H2,1H3,(H,25,26)/b15-11+. The van der Waals surface area contributed by atoms with Gasteiger partial charge < -0.3 is 14.1 Å². The van der Waals surface area contributed by atoms with Crippen LogP contribution in [0, 0.1) is 21.4 Å². The summed E-state index contributed by atoms with van der Waals surface area (Å²) in [5, 5.41) is 21.2. The van der Waals surface area contributed by atoms with Gasteiger partial charge in [-0.1, -0.05) is 12.1 Å². The topological polar surface area (TPSA) is 135 Å². The van der Waals surface area contributed by atoms with Crippen molar-refractivity contribution in [3.05, 3.63) is 81.9 Å². The highest BCUT2D eigenvalue weighted by Crippen LogP contribution is 2.33. The molecule has 0 fully saturated rings. The number of aromatic amines is 1. The maximum atomic E-state index is 11.9. The first kappa shape index (κ1) is 20.6. The van der Waals surface area contributed by atoms with Crippen LogP contribution in [0.2, 0.25) is 0 Å². The molecule has 2 heterocycles. The molecule has 9 heteroatoms. The molecular formula is C23H16N4O5. The predicted molar refractivity (Wildman–Crippen MR) is 116 cm³/mol. The van der Waals surface area contributed by atoms with Crippen LogP contribution >= 0.6 is 0 Å². The van der Waals surface area contributed by atoms with E-state index < -0.39 is 10.9 Å². The quantitative estimate of drug-likeness (QED) is 0.198. The second kappa shape index (κ2) is 8.57. The number of nitrogens with one attached hydrogen (secondary N) is 1. The van der Waals surface area contributed by atoms with E-state index in [1.807, 2.05) is 24.3 Å². The SMILES string of the molecule is CCOC(=O)c1ccc(-c2ccc(/C=C(\C#N)c3nc4ccccc4[nH]3)o2)c([N+](=O)[O-])c1. The number of aromatic nitrogens is 2. The fraction of sp³-hybridized carbons (Fsp3) is 0.0870. The van der Waals surface area contributed by atoms with Crippen molar-refractivity contribution >= 4 is 34.3 Å². The number of fused-ring (bicyclic) bond motifs is 1. The minimum absolute atomic E-state index is 0.0747. The van der Waals surface area contributed by atoms with Gasteiger partial charge in [-0.15, -0.1) is 0 Å². The lowest BCUT2D eigenvalue weighted by molar-refractivity contribution is -0.384. The van der Waals surface area contributed by atoms with Gasteiger partial charge in [0.25, 0.3) is 5.69 Å². The minimum atomic E-state index is -0.644. The number of rotatable bonds is 6. The summed E-state index contributed by atoms with van der Waals surface area (Å²) in [6, 6.07) is 16.7. The molecule has 0 spiro atoms. The van der Waals surface area contributed by atoms with Crippen LogP contribution in [0.1, 0.15) is 28.9 Å². The van der Waals surface area contributed by atoms with E-state index in [-0.39, 0.29) is 34.8 Å². The van der Waals surface area contributed by atoms with Crippen LogP contribution in [-0.2, 0) is 4.74 Å². The van der Waals surface area contributed by atoms with Gasteiger partial charge in [-0.25, -0.2) is 9.78 Å². The Labute approximate surface area is 181 Å². The number of para-hydroxylation sites is 2. The number of imidazole rings is 1. The van der Waals surface area contributed by atoms with E-state index in [1.165, 1.54) is 18.2 Å². The minimum Gasteiger partial charge on any atom is -0.462 e. The summed E-state index contributed by atoms with van der Waals surface area (Å²) in [6.07, 6.45) is 1.50. The zero-order chi connectivity index (χ0) is 22.7. The lowest BCUT2D eigenvalue weighted by atomic mass is 10.1. The zero-order valence-electron chi connectivity index (χ0n) is 16.9. The lowest BCUT2D eigenvalue weighted by Gasteiger charge is -2.04. The van der Waals surface area contributed by atoms with Crippen LogP contribution < -0.4 is 0 Å². The summed E-state index contributed by atoms with van der Waals surface area (Å²) in [5.41, 5.74) is 1.74. The third-order valence-corrected chi connectivity index (χ3v) is 4.65. The molecular weight excluding hydrogens is 412 g/mol. The number of H-pyrrole nitrogens is 1. The lowest BCUT2D eigenvalue weighted by Crippen LogP contribution is -2.05. The Balaban J connectivity index is 1.69. The molecule has 4 aromatic rings. The first-order valence-corrected chi connectivity index (χ1v) is 9.63. The number of benzene rings is 2. The number of hydrogen-bond acceptors (Lipinski definition) is 7. The largest absolute Gasteiger partial charge is 0.462 e. The predicted octanol–water partition coefficient (Wildman–Crippen LogP) is 4.97. The fourth-order valence-corrected chi connectivity index (χ4v) is 3.18. The van der Waals surface area contributed by atoms with E-state index in [9.17, 15) is 20.2 Å². The average molecular weight is 428 g/mol. The number of carbonyl (C=O) groups excluding carboxylic acids is 1. The van der Waals surface area contributed by atoms with E-state index >= 15 is 0 Å². The first-order valence-electron chi connectivity index (χ1n) is 9.63. The Kier molecular flexibility index (Phi) is 5.51. The molecule has 0 saturated heterocycles. The van der Waals surface area contributed by atoms with Gasteiger partial charge in [0.1, 0.15) is 23.4 Å². The zero-order valence-corrected chi connectivity index (χ0v) is 16.9. The van der Waals surface area contributed by atoms with Crippen molar-refractivity contribution in [2.75, 3.05) is 6.61 Å². The molecule has 0 unspecified atom stereocenters. The van der Waals surface area contributed by atoms with Gasteiger partial charge in [-0.05, 0) is 43.3 Å². The Bertz CT molecular complexity index is 1370. The molecule has 0 aliphatic carbocycles. The highest BCUT2D eigenvalue weighted by Gasteiger charge is 2.21. The second-order valence-corrected chi connectivity index (χ2v) is 6.68. The van der Waals surface area contributed by atoms with Gasteiger partial charge in [-0.2, -0.15) is 5.26 Å². The molecule has 0 saturated carbocycles. The van der Waals surface area contributed by atoms with Crippen LogP contribution in [0.4, 0.5) is 5.69 Å². The van der Waals surface area contributed by atoms with Crippen molar-refractivity contribution in [2.24, 2.45) is 0 Å². The molecule has 1 N–H and O–H groups in total. The molecule has 0 radical (unpaired) electrons. The molecule has 2 aromatic heterocycles. The molecule has 32 heavy (non-hydrogen) atoms. The van der Waals surface area contributed by atoms with Crippen molar-refractivity contribution < 1.29 is 18.9 Å². The third kappa shape index (κ3) is 3.97. The Hall–Kier alpha value is -4.71. The Morgan fingerprint density at radius 2 is 2.09 bits per heavy atom. The van der Waals surface area contributed by atoms with E-state index in [1.54, 1.807) is 19.1 Å². The normalized spacial score (nSPS) is 11.3. The van der Waals surface area contributed by atoms with Crippen molar-refractivity contribution in [2.45, 2.75) is 6.92 Å². The van der Waals surface area contributed by atoms with Crippen LogP contribution in [0.15, 0.2) is 59.0 Å². The molecule has 9 nitrogen and oxygen atoms in total. The molecule has 4 rings (SSSR count). The molecule has 2 aromatic carbocycles. The van der Waals surface area contributed by atoms with Gasteiger partial charge in [0.2, 0.25) is 0 Å². The van der Waals surface area contributed by atoms with Crippen molar-refractivity contribution in [1.82, 2.24) is 9.97 Å². The van der Waals surface area contributed by atoms with Gasteiger partial charge in [0.05, 0.1) is 39.3 Å². The molecule has 0 atom stereocenters. The number of nitro groups is 1. The van der Waals surface area contributed by atoms with Crippen LogP contribution in [0.5, 0.6) is 0 Å². The third-order valence-electron chi connectivity index (χ3n) is 4.65. The second-order valence-electron chi connectivity index (χ2n) is 6.68. The summed E-state index contributed by atoms with van der Waals surface area (Å²) in [6.45, 7) is 1.81. The molecule has 0 amide bonds. The number of esters is 1. The number of nitriles is 1. The number of furan rings is 1. The van der Waals surface area contributed by atoms with Crippen LogP contribution in [0.3, 0.4) is 0 Å². The first-order chi connectivity index (χ1) is 15.5. The summed E-state index contributed by atoms with van der Waals surface area (Å²) < 4.78 is 10.6. The van der Waals surface area contributed by atoms with Crippen LogP contribution in [0.25, 0.3) is 34.0 Å². The maximum Gasteiger partial charge on any atom is 0.338 e. The molecule has 158 valence electrons. The summed E-state index contributed by atoms with van der Waals surface area (Å²) in [4.78, 5) is 30.4. The fourth-order valence-electron chi connectivity index (χ4n) is 3.18. The van der Waals surface area contributed by atoms with E-state index in [2.05, 4.69) is 16.0 Å². The van der Waals surface area contributed by atoms with Gasteiger partial charge in [0.15, 0.2) is 0 Å². The smallest absolute Gasteiger partial charge is 0.338 e. The highest BCUT2D eigenvalue weighted by molar-refractivity contribution is 5.92. The summed E-state index contributed by atoms with van der Waals surface area (Å²) >= 11 is 0. The van der Waals surface area contributed by atoms with E-state index in [4.69, 9.17) is 9.15 Å². The number of nitro benzene ring substituents is 1. The number of allylic oxidation sites excluding steroid dienone is 1. The van der Waals surface area contributed by atoms with Crippen molar-refractivity contribution in [1.29, 1.82) is 5.26 Å². The van der Waals surface area contributed by atoms with Crippen LogP contribution in [-0.4, -0.2) is 27.5 Å². The number of carbonyl (C=O) groups is 1. The Morgan fingerprint density at radius 3 is 2.81 bits per heavy atom. The van der Waals surface area contributed by atoms with Crippen molar-refractivity contribution in [3.63, 3.8) is 0 Å². The molecule has 0 aliphatic heterocycles. The summed E-state index contributed by atoms with van der Waals surface area (Å²) in [5.74, 6) is 0.284. The van der Waals surface area contributed by atoms with Crippen molar-refractivity contribution in [3.8, 4) is 17.4 Å². The maximum absolute atomic E-state index is 11.9. The number of ether oxygens (including phenoxy) is 1. The molecule has 0 aliphatic rings. The Morgan fingerprint density at radius 1 is 1.28 bits per heavy atom. The van der Waals surface area contributed by atoms with Gasteiger partial charge >= 0.3 is 5.97 Å². The summed E-state index contributed by atoms with van der Waals surface area (Å²) in [7, 11) is 0. The van der Waals surface area contributed by atoms with Gasteiger partial charge in [0, 0.05) is 12.1 Å². The number of nitrogens with zero attached hydrogens (tertiary/aromatic N) is 3. The highest BCUT2D eigenvalue weighted by atomic mass is 16.6. The molecule has 0 bridgehead atoms. The van der Waals surface area contributed by atoms with E-state index in [0.717, 1.165) is 17.1 Å². The van der Waals surface area contributed by atoms with Gasteiger partial charge in [-0.3, -0.25) is 10.1 Å². The van der Waals surface area contributed by atoms with E-state index in [0.29, 0.717) is 11.6 Å². The average Bonchev–Trinajstić information content (AvgIpc) is 3.44. The monoisotopic (exact) mass is 428 g/mol. The number of hydrogen-bond donors (Lipinski definition) is 1.